The van der Waals surface area contributed by atoms with Crippen molar-refractivity contribution in [2.45, 2.75) is 17.5 Å². The number of pyridine rings is 1. The van der Waals surface area contributed by atoms with Crippen molar-refractivity contribution in [2.24, 2.45) is 5.14 Å². The summed E-state index contributed by atoms with van der Waals surface area (Å²) in [4.78, 5) is 10.2. The fourth-order valence-corrected chi connectivity index (χ4v) is 3.10. The second kappa shape index (κ2) is 7.78. The molecule has 12 heteroatoms. The minimum atomic E-state index is -4.06. The number of halogens is 4. The first-order valence-electron chi connectivity index (χ1n) is 7.70. The Bertz CT molecular complexity index is 1110. The normalized spacial score (nSPS) is 12.9. The molecule has 0 saturated carbocycles. The van der Waals surface area contributed by atoms with Crippen molar-refractivity contribution in [1.29, 1.82) is 0 Å². The maximum Gasteiger partial charge on any atom is 0.283 e. The van der Waals surface area contributed by atoms with Gasteiger partial charge < -0.3 is 10.3 Å². The first kappa shape index (κ1) is 20.1. The summed E-state index contributed by atoms with van der Waals surface area (Å²) in [5, 5.41) is 7.86. The number of benzene rings is 1. The van der Waals surface area contributed by atoms with Gasteiger partial charge in [-0.3, -0.25) is 0 Å². The number of imidazole rings is 1. The van der Waals surface area contributed by atoms with Crippen LogP contribution in [0.5, 0.6) is 0 Å². The van der Waals surface area contributed by atoms with Gasteiger partial charge in [0.1, 0.15) is 23.4 Å². The molecule has 1 aromatic carbocycles. The van der Waals surface area contributed by atoms with Gasteiger partial charge in [0.25, 0.3) is 16.4 Å². The number of rotatable bonds is 6. The van der Waals surface area contributed by atoms with Gasteiger partial charge in [0.05, 0.1) is 0 Å². The van der Waals surface area contributed by atoms with Gasteiger partial charge in [-0.1, -0.05) is 23.7 Å². The van der Waals surface area contributed by atoms with Gasteiger partial charge >= 0.3 is 0 Å². The molecule has 0 radical (unpaired) electrons. The number of aromatic amines is 1. The molecule has 3 aromatic rings. The van der Waals surface area contributed by atoms with Gasteiger partial charge in [0.2, 0.25) is 0 Å². The molecule has 1 atom stereocenters. The molecular formula is C16H13ClF3N5O2S. The van der Waals surface area contributed by atoms with E-state index in [0.29, 0.717) is 10.6 Å². The van der Waals surface area contributed by atoms with Crippen LogP contribution in [0.4, 0.5) is 19.0 Å². The van der Waals surface area contributed by atoms with E-state index in [4.69, 9.17) is 16.7 Å². The number of hydrogen-bond donors (Lipinski definition) is 3. The van der Waals surface area contributed by atoms with Crippen LogP contribution in [-0.4, -0.2) is 23.4 Å². The summed E-state index contributed by atoms with van der Waals surface area (Å²) in [6, 6.07) is 7.63. The van der Waals surface area contributed by atoms with Crippen LogP contribution in [-0.2, 0) is 10.0 Å². The van der Waals surface area contributed by atoms with Gasteiger partial charge in [-0.05, 0) is 29.8 Å². The van der Waals surface area contributed by atoms with Crippen molar-refractivity contribution in [3.05, 3.63) is 70.5 Å². The van der Waals surface area contributed by atoms with Gasteiger partial charge in [0, 0.05) is 11.2 Å². The van der Waals surface area contributed by atoms with E-state index in [1.807, 2.05) is 0 Å². The molecule has 0 bridgehead atoms. The minimum Gasteiger partial charge on any atom is -0.356 e. The van der Waals surface area contributed by atoms with Gasteiger partial charge in [-0.25, -0.2) is 36.7 Å². The highest BCUT2D eigenvalue weighted by Crippen LogP contribution is 2.28. The molecule has 0 aliphatic rings. The first-order chi connectivity index (χ1) is 13.1. The second-order valence-corrected chi connectivity index (χ2v) is 7.61. The molecule has 1 unspecified atom stereocenters. The molecule has 2 heterocycles. The van der Waals surface area contributed by atoms with Crippen molar-refractivity contribution in [2.75, 3.05) is 5.32 Å². The molecule has 4 N–H and O–H groups in total. The molecule has 0 fully saturated rings. The van der Waals surface area contributed by atoms with Crippen LogP contribution < -0.4 is 10.5 Å². The monoisotopic (exact) mass is 431 g/mol. The zero-order valence-corrected chi connectivity index (χ0v) is 15.5. The van der Waals surface area contributed by atoms with E-state index in [0.717, 1.165) is 12.3 Å². The molecule has 2 aromatic heterocycles. The van der Waals surface area contributed by atoms with Crippen LogP contribution in [0.3, 0.4) is 0 Å². The summed E-state index contributed by atoms with van der Waals surface area (Å²) in [5.41, 5.74) is -0.493. The Morgan fingerprint density at radius 2 is 1.93 bits per heavy atom. The van der Waals surface area contributed by atoms with E-state index in [-0.39, 0.29) is 11.6 Å². The van der Waals surface area contributed by atoms with Crippen molar-refractivity contribution >= 4 is 27.4 Å². The lowest BCUT2D eigenvalue weighted by Gasteiger charge is -2.18. The molecular weight excluding hydrogens is 419 g/mol. The molecule has 0 spiro atoms. The highest BCUT2D eigenvalue weighted by Gasteiger charge is 2.23. The molecule has 7 nitrogen and oxygen atoms in total. The van der Waals surface area contributed by atoms with Gasteiger partial charge in [0.15, 0.2) is 10.8 Å². The van der Waals surface area contributed by atoms with Crippen LogP contribution in [0.2, 0.25) is 5.02 Å². The zero-order chi connectivity index (χ0) is 20.5. The van der Waals surface area contributed by atoms with Crippen LogP contribution in [0, 0.1) is 5.82 Å². The van der Waals surface area contributed by atoms with Gasteiger partial charge in [-0.15, -0.1) is 0 Å². The number of nitrogens with two attached hydrogens (primary N) is 1. The predicted octanol–water partition coefficient (Wildman–Crippen LogP) is 3.38. The van der Waals surface area contributed by atoms with E-state index in [1.165, 1.54) is 6.07 Å². The number of aromatic nitrogens is 3. The molecule has 0 saturated heterocycles. The predicted molar refractivity (Wildman–Crippen MR) is 96.0 cm³/mol. The zero-order valence-electron chi connectivity index (χ0n) is 13.9. The van der Waals surface area contributed by atoms with E-state index < -0.39 is 39.0 Å². The van der Waals surface area contributed by atoms with Crippen molar-refractivity contribution in [1.82, 2.24) is 15.0 Å². The molecule has 3 rings (SSSR count). The summed E-state index contributed by atoms with van der Waals surface area (Å²) < 4.78 is 62.4. The Kier molecular flexibility index (Phi) is 5.59. The Labute approximate surface area is 162 Å². The standard InChI is InChI=1S/C16H13ClF3N5O2S/c17-9-3-1-2-8(6-9)13(16-22-7-12(25-16)28(21,26)27)23-11-5-4-10(18)14(24-11)15(19)20/h1-7,13,15H,(H,22,25)(H,23,24)(H2,21,26,27). The summed E-state index contributed by atoms with van der Waals surface area (Å²) in [5.74, 6) is -1.11. The Morgan fingerprint density at radius 3 is 2.54 bits per heavy atom. The third kappa shape index (κ3) is 4.43. The lowest BCUT2D eigenvalue weighted by atomic mass is 10.1. The number of primary sulfonamides is 1. The van der Waals surface area contributed by atoms with Crippen LogP contribution in [0.25, 0.3) is 0 Å². The fourth-order valence-electron chi connectivity index (χ4n) is 2.45. The van der Waals surface area contributed by atoms with Crippen molar-refractivity contribution in [3.8, 4) is 0 Å². The number of nitrogens with zero attached hydrogens (tertiary/aromatic N) is 2. The van der Waals surface area contributed by atoms with Crippen LogP contribution >= 0.6 is 11.6 Å². The van der Waals surface area contributed by atoms with Crippen LogP contribution in [0.1, 0.15) is 29.5 Å². The van der Waals surface area contributed by atoms with E-state index in [9.17, 15) is 21.6 Å². The van der Waals surface area contributed by atoms with E-state index in [2.05, 4.69) is 20.3 Å². The smallest absolute Gasteiger partial charge is 0.283 e. The summed E-state index contributed by atoms with van der Waals surface area (Å²) in [6.07, 6.45) is -2.02. The number of hydrogen-bond acceptors (Lipinski definition) is 5. The highest BCUT2D eigenvalue weighted by molar-refractivity contribution is 7.89. The van der Waals surface area contributed by atoms with Crippen LogP contribution in [0.15, 0.2) is 47.6 Å². The molecule has 28 heavy (non-hydrogen) atoms. The lowest BCUT2D eigenvalue weighted by Crippen LogP contribution is -2.17. The Hall–Kier alpha value is -2.63. The third-order valence-corrected chi connectivity index (χ3v) is 4.72. The van der Waals surface area contributed by atoms with E-state index >= 15 is 0 Å². The highest BCUT2D eigenvalue weighted by atomic mass is 35.5. The van der Waals surface area contributed by atoms with Gasteiger partial charge in [-0.2, -0.15) is 0 Å². The number of sulfonamides is 1. The number of nitrogens with one attached hydrogen (secondary N) is 2. The minimum absolute atomic E-state index is 0.0739. The SMILES string of the molecule is NS(=O)(=O)c1c[nH]c(C(Nc2ccc(F)c(C(F)F)n2)c2cccc(Cl)c2)n1. The average molecular weight is 432 g/mol. The summed E-state index contributed by atoms with van der Waals surface area (Å²) in [7, 11) is -4.06. The Morgan fingerprint density at radius 1 is 1.18 bits per heavy atom. The van der Waals surface area contributed by atoms with Crippen molar-refractivity contribution in [3.63, 3.8) is 0 Å². The maximum atomic E-state index is 13.5. The quantitative estimate of drug-likeness (QED) is 0.553. The molecule has 0 aliphatic carbocycles. The Balaban J connectivity index is 2.05. The second-order valence-electron chi connectivity index (χ2n) is 5.67. The first-order valence-corrected chi connectivity index (χ1v) is 9.62. The summed E-state index contributed by atoms with van der Waals surface area (Å²) in [6.45, 7) is 0. The molecule has 0 aliphatic heterocycles. The number of anilines is 1. The maximum absolute atomic E-state index is 13.5. The summed E-state index contributed by atoms with van der Waals surface area (Å²) >= 11 is 6.01. The lowest BCUT2D eigenvalue weighted by molar-refractivity contribution is 0.140. The molecule has 0 amide bonds. The fraction of sp³-hybridized carbons (Fsp3) is 0.125. The van der Waals surface area contributed by atoms with E-state index in [1.54, 1.807) is 24.3 Å². The number of alkyl halides is 2. The molecule has 148 valence electrons. The third-order valence-electron chi connectivity index (χ3n) is 3.69. The van der Waals surface area contributed by atoms with Crippen molar-refractivity contribution < 1.29 is 21.6 Å². The average Bonchev–Trinajstić information content (AvgIpc) is 3.11. The topological polar surface area (TPSA) is 114 Å². The largest absolute Gasteiger partial charge is 0.356 e. The number of H-pyrrole nitrogens is 1.